The fraction of sp³-hybridized carbons (Fsp3) is 0.938. The minimum Gasteiger partial charge on any atom is -0.378 e. The Labute approximate surface area is 130 Å². The predicted octanol–water partition coefficient (Wildman–Crippen LogP) is 2.18. The van der Waals surface area contributed by atoms with Crippen molar-refractivity contribution in [2.75, 3.05) is 26.2 Å². The topological polar surface area (TPSA) is 41.6 Å². The quantitative estimate of drug-likeness (QED) is 0.864. The summed E-state index contributed by atoms with van der Waals surface area (Å²) in [5.41, 5.74) is 0. The number of carbonyl (C=O) groups is 1. The summed E-state index contributed by atoms with van der Waals surface area (Å²) in [6.07, 6.45) is 6.69. The van der Waals surface area contributed by atoms with Crippen LogP contribution in [-0.2, 0) is 9.53 Å². The number of hydrogen-bond donors (Lipinski definition) is 1. The van der Waals surface area contributed by atoms with Gasteiger partial charge in [-0.15, -0.1) is 0 Å². The lowest BCUT2D eigenvalue weighted by Crippen LogP contribution is -2.48. The van der Waals surface area contributed by atoms with Gasteiger partial charge >= 0.3 is 0 Å². The van der Waals surface area contributed by atoms with Crippen LogP contribution in [0.2, 0.25) is 0 Å². The van der Waals surface area contributed by atoms with E-state index in [9.17, 15) is 13.6 Å². The summed E-state index contributed by atoms with van der Waals surface area (Å²) in [5, 5.41) is 2.64. The summed E-state index contributed by atoms with van der Waals surface area (Å²) in [4.78, 5) is 14.0. The van der Waals surface area contributed by atoms with Crippen LogP contribution < -0.4 is 5.32 Å². The predicted molar refractivity (Wildman–Crippen MR) is 78.9 cm³/mol. The first-order valence-electron chi connectivity index (χ1n) is 8.55. The Morgan fingerprint density at radius 3 is 2.45 bits per heavy atom. The molecule has 1 amide bonds. The molecule has 1 atom stereocenters. The molecule has 0 bridgehead atoms. The number of nitrogens with one attached hydrogen (secondary N) is 1. The summed E-state index contributed by atoms with van der Waals surface area (Å²) in [6.45, 7) is 1.70. The van der Waals surface area contributed by atoms with Crippen LogP contribution in [0.4, 0.5) is 8.78 Å². The SMILES string of the molecule is O=C(C1CC(F)(F)CN1)N1CCC(OCC2CCCC2)CC1. The number of nitrogens with zero attached hydrogens (tertiary/aromatic N) is 1. The standard InChI is InChI=1S/C16H26F2N2O2/c17-16(18)9-14(19-11-16)15(21)20-7-5-13(6-8-20)22-10-12-3-1-2-4-12/h12-14,19H,1-11H2. The normalized spacial score (nSPS) is 30.1. The molecule has 126 valence electrons. The van der Waals surface area contributed by atoms with Gasteiger partial charge in [0.2, 0.25) is 5.91 Å². The minimum absolute atomic E-state index is 0.175. The average Bonchev–Trinajstić information content (AvgIpc) is 3.14. The van der Waals surface area contributed by atoms with Crippen LogP contribution in [0, 0.1) is 5.92 Å². The third-order valence-electron chi connectivity index (χ3n) is 5.20. The van der Waals surface area contributed by atoms with Gasteiger partial charge in [0.15, 0.2) is 0 Å². The van der Waals surface area contributed by atoms with Gasteiger partial charge < -0.3 is 9.64 Å². The van der Waals surface area contributed by atoms with Gasteiger partial charge in [-0.05, 0) is 31.6 Å². The molecule has 3 fully saturated rings. The lowest BCUT2D eigenvalue weighted by Gasteiger charge is -2.33. The summed E-state index contributed by atoms with van der Waals surface area (Å²) < 4.78 is 32.3. The van der Waals surface area contributed by atoms with Crippen molar-refractivity contribution in [2.24, 2.45) is 5.92 Å². The molecule has 4 nitrogen and oxygen atoms in total. The van der Waals surface area contributed by atoms with Gasteiger partial charge in [-0.3, -0.25) is 10.1 Å². The number of ether oxygens (including phenoxy) is 1. The molecule has 0 aromatic heterocycles. The number of piperidine rings is 1. The minimum atomic E-state index is -2.75. The maximum absolute atomic E-state index is 13.2. The number of carbonyl (C=O) groups excluding carboxylic acids is 1. The summed E-state index contributed by atoms with van der Waals surface area (Å²) in [7, 11) is 0. The van der Waals surface area contributed by atoms with Crippen LogP contribution in [0.1, 0.15) is 44.9 Å². The molecule has 2 saturated heterocycles. The molecule has 1 N–H and O–H groups in total. The van der Waals surface area contributed by atoms with Gasteiger partial charge in [0.1, 0.15) is 0 Å². The first kappa shape index (κ1) is 16.1. The first-order chi connectivity index (χ1) is 10.5. The zero-order valence-electron chi connectivity index (χ0n) is 13.0. The molecule has 0 radical (unpaired) electrons. The van der Waals surface area contributed by atoms with Crippen molar-refractivity contribution < 1.29 is 18.3 Å². The van der Waals surface area contributed by atoms with Gasteiger partial charge in [-0.25, -0.2) is 8.78 Å². The second-order valence-electron chi connectivity index (χ2n) is 7.00. The summed E-state index contributed by atoms with van der Waals surface area (Å²) in [5.74, 6) is -2.21. The van der Waals surface area contributed by atoms with Gasteiger partial charge in [-0.1, -0.05) is 12.8 Å². The van der Waals surface area contributed by atoms with Gasteiger partial charge in [0.05, 0.1) is 18.7 Å². The fourth-order valence-corrected chi connectivity index (χ4v) is 3.80. The second-order valence-corrected chi connectivity index (χ2v) is 7.00. The molecule has 2 aliphatic heterocycles. The molecule has 22 heavy (non-hydrogen) atoms. The lowest BCUT2D eigenvalue weighted by molar-refractivity contribution is -0.136. The van der Waals surface area contributed by atoms with Crippen molar-refractivity contribution in [3.05, 3.63) is 0 Å². The summed E-state index contributed by atoms with van der Waals surface area (Å²) >= 11 is 0. The highest BCUT2D eigenvalue weighted by molar-refractivity contribution is 5.82. The molecule has 0 spiro atoms. The number of rotatable bonds is 4. The number of alkyl halides is 2. The zero-order valence-corrected chi connectivity index (χ0v) is 13.0. The maximum atomic E-state index is 13.2. The van der Waals surface area contributed by atoms with Crippen molar-refractivity contribution in [1.29, 1.82) is 0 Å². The van der Waals surface area contributed by atoms with E-state index in [0.717, 1.165) is 19.4 Å². The van der Waals surface area contributed by atoms with E-state index in [1.807, 2.05) is 0 Å². The summed E-state index contributed by atoms with van der Waals surface area (Å²) in [6, 6.07) is -0.717. The molecular formula is C16H26F2N2O2. The van der Waals surface area contributed by atoms with Crippen LogP contribution in [-0.4, -0.2) is 55.1 Å². The molecule has 1 aliphatic carbocycles. The molecule has 1 unspecified atom stereocenters. The third-order valence-corrected chi connectivity index (χ3v) is 5.20. The molecule has 2 heterocycles. The number of likely N-dealkylation sites (tertiary alicyclic amines) is 1. The van der Waals surface area contributed by atoms with E-state index in [2.05, 4.69) is 5.32 Å². The van der Waals surface area contributed by atoms with Crippen molar-refractivity contribution in [3.8, 4) is 0 Å². The second kappa shape index (κ2) is 6.79. The van der Waals surface area contributed by atoms with E-state index in [1.165, 1.54) is 25.7 Å². The monoisotopic (exact) mass is 316 g/mol. The molecule has 3 rings (SSSR count). The van der Waals surface area contributed by atoms with E-state index < -0.39 is 12.0 Å². The van der Waals surface area contributed by atoms with Crippen LogP contribution in [0.3, 0.4) is 0 Å². The average molecular weight is 316 g/mol. The molecule has 1 saturated carbocycles. The van der Waals surface area contributed by atoms with Gasteiger partial charge in [0, 0.05) is 26.1 Å². The van der Waals surface area contributed by atoms with Crippen molar-refractivity contribution in [1.82, 2.24) is 10.2 Å². The molecule has 0 aromatic carbocycles. The van der Waals surface area contributed by atoms with Crippen LogP contribution in [0.5, 0.6) is 0 Å². The third kappa shape index (κ3) is 3.96. The Kier molecular flexibility index (Phi) is 4.97. The van der Waals surface area contributed by atoms with E-state index in [-0.39, 0.29) is 25.0 Å². The lowest BCUT2D eigenvalue weighted by atomic mass is 10.0. The molecule has 6 heteroatoms. The molecule has 0 aromatic rings. The van der Waals surface area contributed by atoms with Gasteiger partial charge in [0.25, 0.3) is 5.92 Å². The highest BCUT2D eigenvalue weighted by Crippen LogP contribution is 2.28. The van der Waals surface area contributed by atoms with Crippen LogP contribution in [0.25, 0.3) is 0 Å². The van der Waals surface area contributed by atoms with Crippen LogP contribution >= 0.6 is 0 Å². The molecular weight excluding hydrogens is 290 g/mol. The Hall–Kier alpha value is -0.750. The Morgan fingerprint density at radius 1 is 1.18 bits per heavy atom. The van der Waals surface area contributed by atoms with Crippen LogP contribution in [0.15, 0.2) is 0 Å². The van der Waals surface area contributed by atoms with Crippen molar-refractivity contribution in [3.63, 3.8) is 0 Å². The smallest absolute Gasteiger partial charge is 0.262 e. The van der Waals surface area contributed by atoms with Crippen molar-refractivity contribution >= 4 is 5.91 Å². The Morgan fingerprint density at radius 2 is 1.86 bits per heavy atom. The highest BCUT2D eigenvalue weighted by Gasteiger charge is 2.43. The fourth-order valence-electron chi connectivity index (χ4n) is 3.80. The number of amides is 1. The van der Waals surface area contributed by atoms with Gasteiger partial charge in [-0.2, -0.15) is 0 Å². The maximum Gasteiger partial charge on any atom is 0.262 e. The van der Waals surface area contributed by atoms with Crippen molar-refractivity contribution in [2.45, 2.75) is 63.0 Å². The zero-order chi connectivity index (χ0) is 15.6. The number of halogens is 2. The van der Waals surface area contributed by atoms with E-state index in [1.54, 1.807) is 4.90 Å². The Bertz CT molecular complexity index is 392. The highest BCUT2D eigenvalue weighted by atomic mass is 19.3. The Balaban J connectivity index is 1.38. The van der Waals surface area contributed by atoms with E-state index in [0.29, 0.717) is 19.0 Å². The van der Waals surface area contributed by atoms with E-state index >= 15 is 0 Å². The first-order valence-corrected chi connectivity index (χ1v) is 8.55. The number of hydrogen-bond acceptors (Lipinski definition) is 3. The van der Waals surface area contributed by atoms with E-state index in [4.69, 9.17) is 4.74 Å². The largest absolute Gasteiger partial charge is 0.378 e. The molecule has 3 aliphatic rings.